The molecule has 64 heavy (non-hydrogen) atoms. The zero-order chi connectivity index (χ0) is 42.7. The van der Waals surface area contributed by atoms with Crippen molar-refractivity contribution < 1.29 is 28.4 Å². The van der Waals surface area contributed by atoms with Gasteiger partial charge in [-0.15, -0.1) is 0 Å². The molecule has 0 saturated carbocycles. The zero-order valence-electron chi connectivity index (χ0n) is 35.9. The van der Waals surface area contributed by atoms with Gasteiger partial charge in [0.1, 0.15) is 49.4 Å². The summed E-state index contributed by atoms with van der Waals surface area (Å²) in [6.07, 6.45) is 4.17. The molecule has 0 unspecified atom stereocenters. The Balaban J connectivity index is 1.00. The number of rotatable bonds is 2. The molecule has 11 rings (SSSR count). The monoisotopic (exact) mass is 842 g/mol. The first-order valence-electron chi connectivity index (χ1n) is 22.6. The third-order valence-electron chi connectivity index (χ3n) is 12.8. The fourth-order valence-electron chi connectivity index (χ4n) is 9.87. The minimum atomic E-state index is 0.340. The van der Waals surface area contributed by atoms with Crippen LogP contribution in [0.3, 0.4) is 0 Å². The molecule has 1 aliphatic heterocycles. The number of allylic oxidation sites excluding steroid dienone is 2. The maximum atomic E-state index is 7.04. The molecule has 0 spiro atoms. The highest BCUT2D eigenvalue weighted by Crippen LogP contribution is 2.52. The summed E-state index contributed by atoms with van der Waals surface area (Å²) in [6, 6.07) is 55.8. The summed E-state index contributed by atoms with van der Waals surface area (Å²) in [5.74, 6) is 3.29. The van der Waals surface area contributed by atoms with Gasteiger partial charge >= 0.3 is 0 Å². The van der Waals surface area contributed by atoms with Gasteiger partial charge in [0, 0.05) is 22.3 Å². The topological polar surface area (TPSA) is 55.4 Å². The van der Waals surface area contributed by atoms with E-state index in [4.69, 9.17) is 28.4 Å². The van der Waals surface area contributed by atoms with E-state index >= 15 is 0 Å². The minimum absolute atomic E-state index is 0.340. The van der Waals surface area contributed by atoms with Crippen molar-refractivity contribution in [3.05, 3.63) is 180 Å². The second kappa shape index (κ2) is 18.1. The fraction of sp³-hybridized carbons (Fsp3) is 0.207. The van der Waals surface area contributed by atoms with Gasteiger partial charge in [0.2, 0.25) is 0 Å². The Labute approximate surface area is 374 Å². The van der Waals surface area contributed by atoms with Gasteiger partial charge in [-0.25, -0.2) is 0 Å². The van der Waals surface area contributed by atoms with Crippen molar-refractivity contribution in [3.63, 3.8) is 0 Å². The number of benzene rings is 8. The van der Waals surface area contributed by atoms with Gasteiger partial charge < -0.3 is 28.4 Å². The van der Waals surface area contributed by atoms with E-state index in [-0.39, 0.29) is 0 Å². The Morgan fingerprint density at radius 1 is 0.312 bits per heavy atom. The molecule has 0 radical (unpaired) electrons. The number of hydrogen-bond donors (Lipinski definition) is 0. The van der Waals surface area contributed by atoms with E-state index in [0.717, 1.165) is 104 Å². The van der Waals surface area contributed by atoms with Gasteiger partial charge in [-0.3, -0.25) is 0 Å². The standard InChI is InChI=1S/C58H50O6/c1-3-11-39(12-4-1)53-35-43-15-7-9-17-47(43)55-56-48-18-10-8-16-44(48)36-54(40-13-5-2-6-14-40)58(56)64-34-30-60-28-32-62-46-24-20-42-22-26-50(52(42)38-46)49-25-21-41-19-23-45(37-51(41)49)61-31-27-59-29-33-63-57(53)55/h1-20,23-24,35-38H,21-22,25-34H2/b50-49-. The smallest absolute Gasteiger partial charge is 0.135 e. The Bertz CT molecular complexity index is 2800. The molecule has 8 aromatic carbocycles. The van der Waals surface area contributed by atoms with Crippen LogP contribution in [-0.4, -0.2) is 52.9 Å². The van der Waals surface area contributed by atoms with Crippen LogP contribution in [0.15, 0.2) is 158 Å². The lowest BCUT2D eigenvalue weighted by atomic mass is 9.86. The number of hydrogen-bond acceptors (Lipinski definition) is 6. The van der Waals surface area contributed by atoms with Crippen LogP contribution >= 0.6 is 0 Å². The number of ether oxygens (including phenoxy) is 6. The Kier molecular flexibility index (Phi) is 11.3. The Hall–Kier alpha value is -6.86. The van der Waals surface area contributed by atoms with Crippen LogP contribution in [0.4, 0.5) is 0 Å². The van der Waals surface area contributed by atoms with Gasteiger partial charge in [-0.05, 0) is 128 Å². The number of fused-ring (bicyclic) bond motifs is 9. The fourth-order valence-corrected chi connectivity index (χ4v) is 9.87. The molecule has 1 heterocycles. The van der Waals surface area contributed by atoms with Crippen molar-refractivity contribution in [2.75, 3.05) is 52.9 Å². The molecule has 3 aliphatic rings. The minimum Gasteiger partial charge on any atom is -0.491 e. The van der Waals surface area contributed by atoms with Crippen LogP contribution in [-0.2, 0) is 22.3 Å². The summed E-state index contributed by atoms with van der Waals surface area (Å²) in [6.45, 7) is 3.21. The molecule has 6 heteroatoms. The highest BCUT2D eigenvalue weighted by Gasteiger charge is 2.28. The summed E-state index contributed by atoms with van der Waals surface area (Å²) in [4.78, 5) is 0. The molecule has 0 aromatic heterocycles. The van der Waals surface area contributed by atoms with E-state index in [2.05, 4.69) is 146 Å². The first-order chi connectivity index (χ1) is 31.8. The quantitative estimate of drug-likeness (QED) is 0.173. The van der Waals surface area contributed by atoms with Gasteiger partial charge in [0.05, 0.1) is 26.4 Å². The third-order valence-corrected chi connectivity index (χ3v) is 12.8. The van der Waals surface area contributed by atoms with E-state index < -0.39 is 0 Å². The molecule has 8 aromatic rings. The molecule has 0 amide bonds. The Morgan fingerprint density at radius 3 is 1.17 bits per heavy atom. The van der Waals surface area contributed by atoms with Crippen LogP contribution in [0.25, 0.3) is 66.1 Å². The molecular formula is C58H50O6. The maximum Gasteiger partial charge on any atom is 0.135 e. The molecule has 0 atom stereocenters. The second-order valence-electron chi connectivity index (χ2n) is 16.6. The first kappa shape index (κ1) is 40.0. The lowest BCUT2D eigenvalue weighted by Gasteiger charge is -2.24. The lowest BCUT2D eigenvalue weighted by molar-refractivity contribution is 0.0763. The first-order valence-corrected chi connectivity index (χ1v) is 22.6. The summed E-state index contributed by atoms with van der Waals surface area (Å²) in [7, 11) is 0. The average molecular weight is 843 g/mol. The summed E-state index contributed by atoms with van der Waals surface area (Å²) >= 11 is 0. The summed E-state index contributed by atoms with van der Waals surface area (Å²) in [5, 5.41) is 4.35. The lowest BCUT2D eigenvalue weighted by Crippen LogP contribution is -2.14. The van der Waals surface area contributed by atoms with Crippen molar-refractivity contribution in [2.24, 2.45) is 0 Å². The van der Waals surface area contributed by atoms with Crippen LogP contribution < -0.4 is 18.9 Å². The van der Waals surface area contributed by atoms with Gasteiger partial charge in [0.25, 0.3) is 0 Å². The van der Waals surface area contributed by atoms with Crippen LogP contribution in [0.2, 0.25) is 0 Å². The third kappa shape index (κ3) is 7.89. The predicted octanol–water partition coefficient (Wildman–Crippen LogP) is 13.1. The van der Waals surface area contributed by atoms with Gasteiger partial charge in [-0.2, -0.15) is 0 Å². The van der Waals surface area contributed by atoms with E-state index in [1.807, 2.05) is 12.1 Å². The van der Waals surface area contributed by atoms with E-state index in [1.165, 1.54) is 33.4 Å². The molecule has 0 saturated heterocycles. The van der Waals surface area contributed by atoms with Crippen molar-refractivity contribution in [1.29, 1.82) is 0 Å². The molecule has 318 valence electrons. The average Bonchev–Trinajstić information content (AvgIpc) is 3.96. The van der Waals surface area contributed by atoms with Crippen LogP contribution in [0, 0.1) is 0 Å². The van der Waals surface area contributed by atoms with Crippen LogP contribution in [0.5, 0.6) is 23.0 Å². The predicted molar refractivity (Wildman–Crippen MR) is 258 cm³/mol. The molecule has 4 bridgehead atoms. The van der Waals surface area contributed by atoms with E-state index in [9.17, 15) is 0 Å². The second-order valence-corrected chi connectivity index (χ2v) is 16.6. The summed E-state index contributed by atoms with van der Waals surface area (Å²) in [5.41, 5.74) is 14.3. The molecule has 2 aliphatic carbocycles. The van der Waals surface area contributed by atoms with E-state index in [1.54, 1.807) is 0 Å². The highest BCUT2D eigenvalue weighted by atomic mass is 16.6. The largest absolute Gasteiger partial charge is 0.491 e. The Morgan fingerprint density at radius 2 is 0.719 bits per heavy atom. The normalized spacial score (nSPS) is 16.8. The van der Waals surface area contributed by atoms with Crippen LogP contribution in [0.1, 0.15) is 35.1 Å². The zero-order valence-corrected chi connectivity index (χ0v) is 35.9. The van der Waals surface area contributed by atoms with Crippen molar-refractivity contribution in [1.82, 2.24) is 0 Å². The molecule has 0 fully saturated rings. The molecule has 6 nitrogen and oxygen atoms in total. The van der Waals surface area contributed by atoms with Gasteiger partial charge in [0.15, 0.2) is 0 Å². The molecular weight excluding hydrogens is 793 g/mol. The van der Waals surface area contributed by atoms with Gasteiger partial charge in [-0.1, -0.05) is 121 Å². The molecule has 0 N–H and O–H groups in total. The van der Waals surface area contributed by atoms with Crippen molar-refractivity contribution in [2.45, 2.75) is 25.7 Å². The van der Waals surface area contributed by atoms with Crippen molar-refractivity contribution >= 4 is 32.7 Å². The maximum absolute atomic E-state index is 7.04. The number of aryl methyl sites for hydroxylation is 2. The SMILES string of the molecule is c1ccc(-c2cc3ccccc3c3c2OCCOCCOc2ccc4c(c2)/C(=C2/CCc5ccc(cc52)OCCOCCOc2c(-c5ccccc5)cc5ccccc5c2-3)CC4)cc1. The van der Waals surface area contributed by atoms with Crippen molar-refractivity contribution in [3.8, 4) is 56.4 Å². The summed E-state index contributed by atoms with van der Waals surface area (Å²) < 4.78 is 39.2. The highest BCUT2D eigenvalue weighted by molar-refractivity contribution is 6.14. The van der Waals surface area contributed by atoms with E-state index in [0.29, 0.717) is 52.9 Å².